The summed E-state index contributed by atoms with van der Waals surface area (Å²) >= 11 is 1.80. The monoisotopic (exact) mass is 265 g/mol. The van der Waals surface area contributed by atoms with Crippen LogP contribution in [0.25, 0.3) is 0 Å². The molecule has 0 aliphatic heterocycles. The van der Waals surface area contributed by atoms with Crippen LogP contribution in [0.1, 0.15) is 23.4 Å². The topological polar surface area (TPSA) is 68.9 Å². The van der Waals surface area contributed by atoms with Crippen LogP contribution in [0, 0.1) is 25.2 Å². The highest BCUT2D eigenvalue weighted by molar-refractivity contribution is 7.99. The van der Waals surface area contributed by atoms with Gasteiger partial charge in [0.2, 0.25) is 0 Å². The zero-order valence-electron chi connectivity index (χ0n) is 10.9. The summed E-state index contributed by atoms with van der Waals surface area (Å²) in [6, 6.07) is 4.09. The summed E-state index contributed by atoms with van der Waals surface area (Å²) in [5, 5.41) is 21.0. The molecule has 5 heteroatoms. The lowest BCUT2D eigenvalue weighted by molar-refractivity contribution is 0.296. The third-order valence-corrected chi connectivity index (χ3v) is 3.52. The Kier molecular flexibility index (Phi) is 6.55. The van der Waals surface area contributed by atoms with Crippen molar-refractivity contribution in [3.63, 3.8) is 0 Å². The molecule has 0 unspecified atom stereocenters. The number of anilines is 1. The number of nitrogens with one attached hydrogen (secondary N) is 1. The number of hydrogen-bond donors (Lipinski definition) is 2. The Morgan fingerprint density at radius 3 is 2.89 bits per heavy atom. The molecular formula is C13H19N3OS. The molecule has 0 amide bonds. The molecule has 98 valence electrons. The first-order valence-electron chi connectivity index (χ1n) is 6.00. The average Bonchev–Trinajstić information content (AvgIpc) is 2.33. The molecule has 0 saturated heterocycles. The highest BCUT2D eigenvalue weighted by Gasteiger charge is 2.07. The second-order valence-electron chi connectivity index (χ2n) is 4.00. The molecule has 0 atom stereocenters. The van der Waals surface area contributed by atoms with Gasteiger partial charge in [-0.05, 0) is 32.1 Å². The summed E-state index contributed by atoms with van der Waals surface area (Å²) in [5.41, 5.74) is 3.18. The molecule has 1 heterocycles. The van der Waals surface area contributed by atoms with Crippen molar-refractivity contribution in [2.24, 2.45) is 0 Å². The summed E-state index contributed by atoms with van der Waals surface area (Å²) in [6.07, 6.45) is 0.835. The molecule has 18 heavy (non-hydrogen) atoms. The summed E-state index contributed by atoms with van der Waals surface area (Å²) in [4.78, 5) is 4.28. The number of nitriles is 1. The van der Waals surface area contributed by atoms with Gasteiger partial charge in [0.15, 0.2) is 0 Å². The van der Waals surface area contributed by atoms with Gasteiger partial charge in [0.1, 0.15) is 6.07 Å². The van der Waals surface area contributed by atoms with Gasteiger partial charge in [-0.1, -0.05) is 0 Å². The summed E-state index contributed by atoms with van der Waals surface area (Å²) in [6.45, 7) is 4.84. The van der Waals surface area contributed by atoms with E-state index in [0.29, 0.717) is 5.56 Å². The molecule has 1 aromatic heterocycles. The number of aromatic nitrogens is 1. The van der Waals surface area contributed by atoms with Gasteiger partial charge < -0.3 is 10.4 Å². The van der Waals surface area contributed by atoms with E-state index in [2.05, 4.69) is 16.4 Å². The molecule has 0 radical (unpaired) electrons. The molecule has 0 fully saturated rings. The second kappa shape index (κ2) is 7.96. The number of aliphatic hydroxyl groups excluding tert-OH is 1. The largest absolute Gasteiger partial charge is 0.396 e. The molecule has 0 aliphatic rings. The van der Waals surface area contributed by atoms with Crippen molar-refractivity contribution in [3.8, 4) is 6.07 Å². The second-order valence-corrected chi connectivity index (χ2v) is 5.22. The summed E-state index contributed by atoms with van der Waals surface area (Å²) in [7, 11) is 0. The highest BCUT2D eigenvalue weighted by Crippen LogP contribution is 2.18. The lowest BCUT2D eigenvalue weighted by atomic mass is 10.1. The van der Waals surface area contributed by atoms with Crippen LogP contribution in [0.15, 0.2) is 6.07 Å². The van der Waals surface area contributed by atoms with Crippen LogP contribution in [-0.4, -0.2) is 34.7 Å². The summed E-state index contributed by atoms with van der Waals surface area (Å²) < 4.78 is 0. The van der Waals surface area contributed by atoms with Gasteiger partial charge in [-0.15, -0.1) is 0 Å². The predicted molar refractivity (Wildman–Crippen MR) is 75.9 cm³/mol. The Balaban J connectivity index is 2.49. The van der Waals surface area contributed by atoms with E-state index in [9.17, 15) is 0 Å². The number of aryl methyl sites for hydroxylation is 2. The van der Waals surface area contributed by atoms with Gasteiger partial charge in [-0.3, -0.25) is 4.98 Å². The Bertz CT molecular complexity index is 429. The van der Waals surface area contributed by atoms with Gasteiger partial charge in [0.25, 0.3) is 0 Å². The molecule has 4 nitrogen and oxygen atoms in total. The van der Waals surface area contributed by atoms with Crippen molar-refractivity contribution in [3.05, 3.63) is 23.0 Å². The molecule has 0 bridgehead atoms. The van der Waals surface area contributed by atoms with Crippen LogP contribution in [0.5, 0.6) is 0 Å². The van der Waals surface area contributed by atoms with E-state index in [4.69, 9.17) is 10.4 Å². The zero-order valence-corrected chi connectivity index (χ0v) is 11.7. The lowest BCUT2D eigenvalue weighted by Crippen LogP contribution is -2.08. The van der Waals surface area contributed by atoms with Gasteiger partial charge in [0, 0.05) is 24.6 Å². The normalized spacial score (nSPS) is 10.1. The number of hydrogen-bond acceptors (Lipinski definition) is 5. The molecule has 0 aliphatic carbocycles. The van der Waals surface area contributed by atoms with E-state index in [0.717, 1.165) is 41.5 Å². The maximum absolute atomic E-state index is 9.10. The van der Waals surface area contributed by atoms with Crippen molar-refractivity contribution in [2.45, 2.75) is 20.3 Å². The van der Waals surface area contributed by atoms with E-state index >= 15 is 0 Å². The molecule has 0 saturated carbocycles. The molecule has 2 N–H and O–H groups in total. The minimum absolute atomic E-state index is 0.252. The number of aliphatic hydroxyl groups is 1. The molecule has 1 rings (SSSR count). The van der Waals surface area contributed by atoms with E-state index in [-0.39, 0.29) is 6.61 Å². The van der Waals surface area contributed by atoms with Crippen molar-refractivity contribution in [1.29, 1.82) is 5.26 Å². The minimum Gasteiger partial charge on any atom is -0.396 e. The van der Waals surface area contributed by atoms with Crippen LogP contribution in [0.2, 0.25) is 0 Å². The van der Waals surface area contributed by atoms with Gasteiger partial charge >= 0.3 is 0 Å². The zero-order chi connectivity index (χ0) is 13.4. The quantitative estimate of drug-likeness (QED) is 0.739. The molecular weight excluding hydrogens is 246 g/mol. The predicted octanol–water partition coefficient (Wildman–Crippen LogP) is 2.10. The third kappa shape index (κ3) is 4.55. The number of rotatable bonds is 7. The third-order valence-electron chi connectivity index (χ3n) is 2.45. The van der Waals surface area contributed by atoms with Crippen LogP contribution in [0.3, 0.4) is 0 Å². The fourth-order valence-corrected chi connectivity index (χ4v) is 2.42. The number of pyridine rings is 1. The first kappa shape index (κ1) is 14.8. The van der Waals surface area contributed by atoms with Gasteiger partial charge in [-0.2, -0.15) is 17.0 Å². The summed E-state index contributed by atoms with van der Waals surface area (Å²) in [5.74, 6) is 1.93. The van der Waals surface area contributed by atoms with Crippen LogP contribution in [0.4, 0.5) is 5.69 Å². The Morgan fingerprint density at radius 1 is 1.44 bits per heavy atom. The van der Waals surface area contributed by atoms with Crippen LogP contribution < -0.4 is 5.32 Å². The molecule has 0 spiro atoms. The fraction of sp³-hybridized carbons (Fsp3) is 0.538. The average molecular weight is 265 g/mol. The van der Waals surface area contributed by atoms with E-state index in [1.807, 2.05) is 19.9 Å². The van der Waals surface area contributed by atoms with Crippen molar-refractivity contribution < 1.29 is 5.11 Å². The van der Waals surface area contributed by atoms with Gasteiger partial charge in [-0.25, -0.2) is 0 Å². The van der Waals surface area contributed by atoms with E-state index in [1.165, 1.54) is 0 Å². The highest BCUT2D eigenvalue weighted by atomic mass is 32.2. The van der Waals surface area contributed by atoms with E-state index in [1.54, 1.807) is 11.8 Å². The van der Waals surface area contributed by atoms with Crippen LogP contribution in [-0.2, 0) is 0 Å². The van der Waals surface area contributed by atoms with Crippen molar-refractivity contribution in [1.82, 2.24) is 4.98 Å². The van der Waals surface area contributed by atoms with Crippen molar-refractivity contribution >= 4 is 17.4 Å². The number of nitrogens with zero attached hydrogens (tertiary/aromatic N) is 2. The van der Waals surface area contributed by atoms with Crippen LogP contribution >= 0.6 is 11.8 Å². The van der Waals surface area contributed by atoms with E-state index < -0.39 is 0 Å². The van der Waals surface area contributed by atoms with Crippen molar-refractivity contribution in [2.75, 3.05) is 30.0 Å². The minimum atomic E-state index is 0.252. The van der Waals surface area contributed by atoms with Gasteiger partial charge in [0.05, 0.1) is 16.9 Å². The maximum Gasteiger partial charge on any atom is 0.103 e. The Labute approximate surface area is 112 Å². The first-order chi connectivity index (χ1) is 8.69. The Hall–Kier alpha value is -1.25. The fourth-order valence-electron chi connectivity index (χ4n) is 1.64. The maximum atomic E-state index is 9.10. The first-order valence-corrected chi connectivity index (χ1v) is 7.15. The molecule has 1 aromatic rings. The smallest absolute Gasteiger partial charge is 0.103 e. The number of thioether (sulfide) groups is 1. The lowest BCUT2D eigenvalue weighted by Gasteiger charge is -2.10. The molecule has 0 aromatic carbocycles. The standard InChI is InChI=1S/C13H19N3OS/c1-10-8-13(12(9-14)11(2)16-10)15-4-7-18-6-3-5-17/h8,17H,3-7H2,1-2H3,(H,15,16). The Morgan fingerprint density at radius 2 is 2.22 bits per heavy atom. The SMILES string of the molecule is Cc1cc(NCCSCCCO)c(C#N)c(C)n1.